The minimum absolute atomic E-state index is 0.344. The van der Waals surface area contributed by atoms with Crippen molar-refractivity contribution in [1.82, 2.24) is 0 Å². The standard InChI is InChI=1S/C12H15ClN2S/c1-7(8-5-6-8)15-10-4-2-3-9(13)11(10)12(14)16/h2-4,7-8,15H,5-6H2,1H3,(H2,14,16). The van der Waals surface area contributed by atoms with E-state index in [4.69, 9.17) is 29.6 Å². The first kappa shape index (κ1) is 11.7. The molecule has 1 atom stereocenters. The number of nitrogens with two attached hydrogens (primary N) is 1. The fourth-order valence-electron chi connectivity index (χ4n) is 1.85. The minimum Gasteiger partial charge on any atom is -0.389 e. The molecule has 1 fully saturated rings. The summed E-state index contributed by atoms with van der Waals surface area (Å²) in [4.78, 5) is 0.344. The van der Waals surface area contributed by atoms with Crippen LogP contribution in [0.2, 0.25) is 5.02 Å². The molecule has 0 amide bonds. The third kappa shape index (κ3) is 2.47. The number of thiocarbonyl (C=S) groups is 1. The Balaban J connectivity index is 2.24. The lowest BCUT2D eigenvalue weighted by Crippen LogP contribution is -2.21. The molecule has 2 nitrogen and oxygen atoms in total. The molecule has 0 aromatic heterocycles. The molecule has 0 heterocycles. The summed E-state index contributed by atoms with van der Waals surface area (Å²) >= 11 is 11.1. The summed E-state index contributed by atoms with van der Waals surface area (Å²) in [5, 5.41) is 4.05. The Morgan fingerprint density at radius 1 is 1.56 bits per heavy atom. The van der Waals surface area contributed by atoms with Crippen LogP contribution < -0.4 is 11.1 Å². The average molecular weight is 255 g/mol. The fraction of sp³-hybridized carbons (Fsp3) is 0.417. The van der Waals surface area contributed by atoms with Gasteiger partial charge in [-0.1, -0.05) is 29.9 Å². The predicted octanol–water partition coefficient (Wildman–Crippen LogP) is 3.18. The van der Waals surface area contributed by atoms with E-state index in [1.807, 2.05) is 18.2 Å². The van der Waals surface area contributed by atoms with E-state index < -0.39 is 0 Å². The van der Waals surface area contributed by atoms with Gasteiger partial charge in [0.05, 0.1) is 10.6 Å². The van der Waals surface area contributed by atoms with Crippen LogP contribution in [0.25, 0.3) is 0 Å². The first-order valence-electron chi connectivity index (χ1n) is 5.44. The van der Waals surface area contributed by atoms with Crippen LogP contribution in [-0.2, 0) is 0 Å². The number of halogens is 1. The van der Waals surface area contributed by atoms with E-state index in [2.05, 4.69) is 12.2 Å². The molecule has 4 heteroatoms. The third-order valence-corrected chi connectivity index (χ3v) is 3.49. The second-order valence-corrected chi connectivity index (χ2v) is 5.14. The van der Waals surface area contributed by atoms with Crippen molar-refractivity contribution >= 4 is 34.5 Å². The highest BCUT2D eigenvalue weighted by atomic mass is 35.5. The lowest BCUT2D eigenvalue weighted by atomic mass is 10.1. The van der Waals surface area contributed by atoms with Gasteiger partial charge in [-0.15, -0.1) is 0 Å². The molecule has 0 spiro atoms. The van der Waals surface area contributed by atoms with Crippen LogP contribution in [0.1, 0.15) is 25.3 Å². The van der Waals surface area contributed by atoms with Gasteiger partial charge < -0.3 is 11.1 Å². The maximum absolute atomic E-state index is 6.10. The highest BCUT2D eigenvalue weighted by Gasteiger charge is 2.28. The Morgan fingerprint density at radius 2 is 2.25 bits per heavy atom. The van der Waals surface area contributed by atoms with Gasteiger partial charge in [0.15, 0.2) is 0 Å². The van der Waals surface area contributed by atoms with E-state index in [9.17, 15) is 0 Å². The second kappa shape index (κ2) is 4.60. The Bertz CT molecular complexity index is 415. The van der Waals surface area contributed by atoms with Gasteiger partial charge in [-0.05, 0) is 37.8 Å². The SMILES string of the molecule is CC(Nc1cccc(Cl)c1C(N)=S)C1CC1. The molecule has 16 heavy (non-hydrogen) atoms. The van der Waals surface area contributed by atoms with Gasteiger partial charge in [0.25, 0.3) is 0 Å². The predicted molar refractivity (Wildman–Crippen MR) is 73.1 cm³/mol. The zero-order chi connectivity index (χ0) is 11.7. The monoisotopic (exact) mass is 254 g/mol. The minimum atomic E-state index is 0.344. The van der Waals surface area contributed by atoms with Crippen molar-refractivity contribution in [2.24, 2.45) is 11.7 Å². The molecule has 0 aliphatic heterocycles. The van der Waals surface area contributed by atoms with Crippen LogP contribution in [-0.4, -0.2) is 11.0 Å². The van der Waals surface area contributed by atoms with Gasteiger partial charge >= 0.3 is 0 Å². The van der Waals surface area contributed by atoms with Gasteiger partial charge in [-0.2, -0.15) is 0 Å². The van der Waals surface area contributed by atoms with E-state index in [0.717, 1.165) is 17.2 Å². The molecule has 1 aliphatic carbocycles. The molecule has 1 aromatic rings. The van der Waals surface area contributed by atoms with Crippen LogP contribution in [0.5, 0.6) is 0 Å². The average Bonchev–Trinajstić information content (AvgIpc) is 2.99. The highest BCUT2D eigenvalue weighted by molar-refractivity contribution is 7.80. The van der Waals surface area contributed by atoms with Gasteiger partial charge in [-0.3, -0.25) is 0 Å². The van der Waals surface area contributed by atoms with E-state index in [0.29, 0.717) is 16.1 Å². The molecule has 2 rings (SSSR count). The number of hydrogen-bond acceptors (Lipinski definition) is 2. The number of rotatable bonds is 4. The van der Waals surface area contributed by atoms with Crippen molar-refractivity contribution in [3.63, 3.8) is 0 Å². The van der Waals surface area contributed by atoms with Crippen LogP contribution in [0.4, 0.5) is 5.69 Å². The summed E-state index contributed by atoms with van der Waals surface area (Å²) in [7, 11) is 0. The van der Waals surface area contributed by atoms with Crippen LogP contribution in [0, 0.1) is 5.92 Å². The van der Waals surface area contributed by atoms with Gasteiger partial charge in [0, 0.05) is 11.7 Å². The van der Waals surface area contributed by atoms with E-state index >= 15 is 0 Å². The summed E-state index contributed by atoms with van der Waals surface area (Å²) in [6.45, 7) is 2.18. The lowest BCUT2D eigenvalue weighted by molar-refractivity contribution is 0.694. The van der Waals surface area contributed by atoms with Crippen molar-refractivity contribution in [1.29, 1.82) is 0 Å². The summed E-state index contributed by atoms with van der Waals surface area (Å²) in [6.07, 6.45) is 2.61. The van der Waals surface area contributed by atoms with Crippen molar-refractivity contribution in [3.05, 3.63) is 28.8 Å². The zero-order valence-corrected chi connectivity index (χ0v) is 10.7. The Kier molecular flexibility index (Phi) is 3.36. The van der Waals surface area contributed by atoms with E-state index in [-0.39, 0.29) is 0 Å². The molecule has 0 radical (unpaired) electrons. The van der Waals surface area contributed by atoms with Crippen LogP contribution in [0.15, 0.2) is 18.2 Å². The molecule has 1 saturated carbocycles. The first-order chi connectivity index (χ1) is 7.59. The summed E-state index contributed by atoms with van der Waals surface area (Å²) in [5.41, 5.74) is 7.39. The first-order valence-corrected chi connectivity index (χ1v) is 6.23. The Hall–Kier alpha value is -0.800. The van der Waals surface area contributed by atoms with Crippen LogP contribution >= 0.6 is 23.8 Å². The van der Waals surface area contributed by atoms with Gasteiger partial charge in [-0.25, -0.2) is 0 Å². The highest BCUT2D eigenvalue weighted by Crippen LogP contribution is 2.35. The number of hydrogen-bond donors (Lipinski definition) is 2. The quantitative estimate of drug-likeness (QED) is 0.811. The van der Waals surface area contributed by atoms with Crippen molar-refractivity contribution in [2.75, 3.05) is 5.32 Å². The summed E-state index contributed by atoms with van der Waals surface area (Å²) in [6, 6.07) is 6.14. The van der Waals surface area contributed by atoms with Gasteiger partial charge in [0.2, 0.25) is 0 Å². The Morgan fingerprint density at radius 3 is 2.81 bits per heavy atom. The zero-order valence-electron chi connectivity index (χ0n) is 9.16. The number of nitrogens with one attached hydrogen (secondary N) is 1. The molecule has 1 unspecified atom stereocenters. The lowest BCUT2D eigenvalue weighted by Gasteiger charge is -2.18. The van der Waals surface area contributed by atoms with Crippen molar-refractivity contribution in [2.45, 2.75) is 25.8 Å². The maximum atomic E-state index is 6.10. The second-order valence-electron chi connectivity index (χ2n) is 4.30. The molecule has 3 N–H and O–H groups in total. The normalized spacial score (nSPS) is 16.9. The van der Waals surface area contributed by atoms with Gasteiger partial charge in [0.1, 0.15) is 4.99 Å². The van der Waals surface area contributed by atoms with E-state index in [1.165, 1.54) is 12.8 Å². The Labute approximate surface area is 106 Å². The molecular weight excluding hydrogens is 240 g/mol. The number of anilines is 1. The molecule has 86 valence electrons. The van der Waals surface area contributed by atoms with E-state index in [1.54, 1.807) is 0 Å². The topological polar surface area (TPSA) is 38.0 Å². The fourth-order valence-corrected chi connectivity index (χ4v) is 2.41. The molecule has 0 bridgehead atoms. The molecular formula is C12H15ClN2S. The third-order valence-electron chi connectivity index (χ3n) is 2.97. The summed E-state index contributed by atoms with van der Waals surface area (Å²) in [5.74, 6) is 0.776. The van der Waals surface area contributed by atoms with Crippen LogP contribution in [0.3, 0.4) is 0 Å². The molecule has 1 aromatic carbocycles. The number of benzene rings is 1. The molecule has 1 aliphatic rings. The molecule has 0 saturated heterocycles. The maximum Gasteiger partial charge on any atom is 0.107 e. The largest absolute Gasteiger partial charge is 0.389 e. The smallest absolute Gasteiger partial charge is 0.107 e. The van der Waals surface area contributed by atoms with Crippen molar-refractivity contribution in [3.8, 4) is 0 Å². The summed E-state index contributed by atoms with van der Waals surface area (Å²) < 4.78 is 0. The van der Waals surface area contributed by atoms with Crippen molar-refractivity contribution < 1.29 is 0 Å².